The summed E-state index contributed by atoms with van der Waals surface area (Å²) in [6.07, 6.45) is 0. The molecule has 2 aromatic heterocycles. The first-order valence-corrected chi connectivity index (χ1v) is 6.30. The molecule has 0 bridgehead atoms. The van der Waals surface area contributed by atoms with Crippen LogP contribution in [0.2, 0.25) is 10.0 Å². The summed E-state index contributed by atoms with van der Waals surface area (Å²) in [6, 6.07) is 8.94. The lowest BCUT2D eigenvalue weighted by molar-refractivity contribution is 0.399. The van der Waals surface area contributed by atoms with Gasteiger partial charge < -0.3 is 9.72 Å². The Morgan fingerprint density at radius 2 is 1.79 bits per heavy atom. The van der Waals surface area contributed by atoms with E-state index < -0.39 is 0 Å². The summed E-state index contributed by atoms with van der Waals surface area (Å²) in [4.78, 5) is 11.8. The van der Waals surface area contributed by atoms with E-state index in [-0.39, 0.29) is 0 Å². The van der Waals surface area contributed by atoms with Crippen LogP contribution in [-0.2, 0) is 0 Å². The summed E-state index contributed by atoms with van der Waals surface area (Å²) < 4.78 is 5.07. The average molecular weight is 294 g/mol. The first-order chi connectivity index (χ1) is 9.19. The third-order valence-corrected chi connectivity index (χ3v) is 3.36. The predicted molar refractivity (Wildman–Crippen MR) is 75.9 cm³/mol. The van der Waals surface area contributed by atoms with Gasteiger partial charge >= 0.3 is 0 Å². The minimum atomic E-state index is 0.510. The number of nitrogens with one attached hydrogen (secondary N) is 1. The lowest BCUT2D eigenvalue weighted by atomic mass is 10.2. The predicted octanol–water partition coefficient (Wildman–Crippen LogP) is 3.94. The van der Waals surface area contributed by atoms with Crippen molar-refractivity contribution in [2.45, 2.75) is 0 Å². The maximum Gasteiger partial charge on any atom is 0.215 e. The van der Waals surface area contributed by atoms with Gasteiger partial charge in [-0.2, -0.15) is 4.98 Å². The van der Waals surface area contributed by atoms with Crippen molar-refractivity contribution in [3.05, 3.63) is 40.4 Å². The molecule has 0 fully saturated rings. The molecule has 0 unspecified atom stereocenters. The number of aromatic amines is 1. The lowest BCUT2D eigenvalue weighted by Crippen LogP contribution is -1.86. The zero-order valence-corrected chi connectivity index (χ0v) is 11.5. The van der Waals surface area contributed by atoms with Gasteiger partial charge in [0.2, 0.25) is 5.88 Å². The summed E-state index contributed by atoms with van der Waals surface area (Å²) in [6.45, 7) is 0. The van der Waals surface area contributed by atoms with E-state index in [4.69, 9.17) is 27.9 Å². The average Bonchev–Trinajstić information content (AvgIpc) is 2.80. The van der Waals surface area contributed by atoms with E-state index in [0.29, 0.717) is 33.0 Å². The summed E-state index contributed by atoms with van der Waals surface area (Å²) in [5, 5.41) is 1.08. The zero-order valence-electron chi connectivity index (χ0n) is 9.95. The maximum absolute atomic E-state index is 6.16. The van der Waals surface area contributed by atoms with Gasteiger partial charge in [-0.15, -0.1) is 0 Å². The molecule has 3 aromatic rings. The van der Waals surface area contributed by atoms with Crippen LogP contribution >= 0.6 is 23.2 Å². The number of aromatic nitrogens is 3. The SMILES string of the molecule is COc1ccc2[nH]c(-c3c(Cl)cccc3Cl)nc2n1. The number of benzene rings is 1. The van der Waals surface area contributed by atoms with Crippen LogP contribution in [0.4, 0.5) is 0 Å². The van der Waals surface area contributed by atoms with Gasteiger partial charge in [0.25, 0.3) is 0 Å². The summed E-state index contributed by atoms with van der Waals surface area (Å²) in [5.74, 6) is 1.10. The first kappa shape index (κ1) is 12.3. The fourth-order valence-corrected chi connectivity index (χ4v) is 2.41. The highest BCUT2D eigenvalue weighted by molar-refractivity contribution is 6.39. The Balaban J connectivity index is 2.21. The van der Waals surface area contributed by atoms with Gasteiger partial charge in [0, 0.05) is 6.07 Å². The number of hydrogen-bond acceptors (Lipinski definition) is 3. The summed E-state index contributed by atoms with van der Waals surface area (Å²) >= 11 is 12.3. The smallest absolute Gasteiger partial charge is 0.215 e. The van der Waals surface area contributed by atoms with Crippen LogP contribution in [0, 0.1) is 0 Å². The van der Waals surface area contributed by atoms with Gasteiger partial charge in [-0.1, -0.05) is 29.3 Å². The Bertz CT molecular complexity index is 734. The van der Waals surface area contributed by atoms with Gasteiger partial charge in [-0.3, -0.25) is 0 Å². The Morgan fingerprint density at radius 1 is 1.05 bits per heavy atom. The quantitative estimate of drug-likeness (QED) is 0.778. The Hall–Kier alpha value is -1.78. The summed E-state index contributed by atoms with van der Waals surface area (Å²) in [5.41, 5.74) is 2.03. The number of H-pyrrole nitrogens is 1. The van der Waals surface area contributed by atoms with Crippen molar-refractivity contribution in [1.29, 1.82) is 0 Å². The second-order valence-corrected chi connectivity index (χ2v) is 4.72. The fourth-order valence-electron chi connectivity index (χ4n) is 1.83. The number of hydrogen-bond donors (Lipinski definition) is 1. The third kappa shape index (κ3) is 2.13. The van der Waals surface area contributed by atoms with Crippen LogP contribution in [0.1, 0.15) is 0 Å². The van der Waals surface area contributed by atoms with Crippen molar-refractivity contribution in [2.24, 2.45) is 0 Å². The van der Waals surface area contributed by atoms with E-state index in [2.05, 4.69) is 15.0 Å². The molecule has 0 amide bonds. The molecule has 0 aliphatic carbocycles. The van der Waals surface area contributed by atoms with Crippen LogP contribution in [0.15, 0.2) is 30.3 Å². The minimum absolute atomic E-state index is 0.510. The molecule has 0 saturated heterocycles. The molecule has 1 N–H and O–H groups in total. The van der Waals surface area contributed by atoms with E-state index in [9.17, 15) is 0 Å². The van der Waals surface area contributed by atoms with Crippen LogP contribution in [0.3, 0.4) is 0 Å². The van der Waals surface area contributed by atoms with Crippen LogP contribution in [-0.4, -0.2) is 22.1 Å². The molecular weight excluding hydrogens is 285 g/mol. The Morgan fingerprint density at radius 3 is 2.47 bits per heavy atom. The molecule has 0 atom stereocenters. The highest BCUT2D eigenvalue weighted by Gasteiger charge is 2.13. The molecule has 0 aliphatic heterocycles. The molecule has 4 nitrogen and oxygen atoms in total. The molecule has 96 valence electrons. The van der Waals surface area contributed by atoms with Gasteiger partial charge in [0.05, 0.1) is 28.2 Å². The molecule has 2 heterocycles. The van der Waals surface area contributed by atoms with Crippen LogP contribution in [0.5, 0.6) is 5.88 Å². The van der Waals surface area contributed by atoms with Gasteiger partial charge in [-0.05, 0) is 18.2 Å². The lowest BCUT2D eigenvalue weighted by Gasteiger charge is -2.02. The molecule has 0 aliphatic rings. The normalized spacial score (nSPS) is 10.9. The number of methoxy groups -OCH3 is 1. The topological polar surface area (TPSA) is 50.8 Å². The first-order valence-electron chi connectivity index (χ1n) is 5.54. The van der Waals surface area contributed by atoms with E-state index in [1.165, 1.54) is 0 Å². The second-order valence-electron chi connectivity index (χ2n) is 3.91. The highest BCUT2D eigenvalue weighted by atomic mass is 35.5. The van der Waals surface area contributed by atoms with E-state index in [1.807, 2.05) is 6.07 Å². The maximum atomic E-state index is 6.16. The van der Waals surface area contributed by atoms with Crippen molar-refractivity contribution in [2.75, 3.05) is 7.11 Å². The van der Waals surface area contributed by atoms with Gasteiger partial charge in [0.1, 0.15) is 5.82 Å². The standard InChI is InChI=1S/C13H9Cl2N3O/c1-19-10-6-5-9-12(17-10)18-13(16-9)11-7(14)3-2-4-8(11)15/h2-6H,1H3,(H,16,17,18). The fraction of sp³-hybridized carbons (Fsp3) is 0.0769. The van der Waals surface area contributed by atoms with Crippen molar-refractivity contribution in [3.8, 4) is 17.3 Å². The molecule has 3 rings (SSSR count). The molecule has 1 aromatic carbocycles. The van der Waals surface area contributed by atoms with Gasteiger partial charge in [0.15, 0.2) is 5.65 Å². The summed E-state index contributed by atoms with van der Waals surface area (Å²) in [7, 11) is 1.56. The number of imidazole rings is 1. The number of ether oxygens (including phenoxy) is 1. The largest absolute Gasteiger partial charge is 0.481 e. The van der Waals surface area contributed by atoms with Crippen molar-refractivity contribution in [1.82, 2.24) is 15.0 Å². The molecule has 0 radical (unpaired) electrons. The highest BCUT2D eigenvalue weighted by Crippen LogP contribution is 2.33. The molecule has 0 saturated carbocycles. The number of fused-ring (bicyclic) bond motifs is 1. The van der Waals surface area contributed by atoms with Crippen LogP contribution in [0.25, 0.3) is 22.6 Å². The van der Waals surface area contributed by atoms with E-state index in [0.717, 1.165) is 5.52 Å². The number of pyridine rings is 1. The Kier molecular flexibility index (Phi) is 3.05. The number of rotatable bonds is 2. The molecule has 6 heteroatoms. The molecule has 0 spiro atoms. The molecule has 19 heavy (non-hydrogen) atoms. The third-order valence-electron chi connectivity index (χ3n) is 2.73. The monoisotopic (exact) mass is 293 g/mol. The Labute approximate surface area is 119 Å². The van der Waals surface area contributed by atoms with E-state index in [1.54, 1.807) is 31.4 Å². The van der Waals surface area contributed by atoms with Gasteiger partial charge in [-0.25, -0.2) is 4.98 Å². The van der Waals surface area contributed by atoms with Crippen molar-refractivity contribution in [3.63, 3.8) is 0 Å². The molecular formula is C13H9Cl2N3O. The minimum Gasteiger partial charge on any atom is -0.481 e. The van der Waals surface area contributed by atoms with E-state index >= 15 is 0 Å². The second kappa shape index (κ2) is 4.72. The van der Waals surface area contributed by atoms with Crippen LogP contribution < -0.4 is 4.74 Å². The van der Waals surface area contributed by atoms with Crippen molar-refractivity contribution < 1.29 is 4.74 Å². The zero-order chi connectivity index (χ0) is 13.4. The van der Waals surface area contributed by atoms with Crippen molar-refractivity contribution >= 4 is 34.4 Å². The number of halogens is 2. The number of nitrogens with zero attached hydrogens (tertiary/aromatic N) is 2.